The van der Waals surface area contributed by atoms with Crippen LogP contribution >= 0.6 is 0 Å². The highest BCUT2D eigenvalue weighted by Gasteiger charge is 2.31. The summed E-state index contributed by atoms with van der Waals surface area (Å²) in [7, 11) is 0. The number of aromatic nitrogens is 2. The normalized spacial score (nSPS) is 29.5. The minimum absolute atomic E-state index is 0.382. The van der Waals surface area contributed by atoms with Crippen LogP contribution in [0.4, 0.5) is 0 Å². The Morgan fingerprint density at radius 2 is 2.10 bits per heavy atom. The fourth-order valence-electron chi connectivity index (χ4n) is 3.84. The van der Waals surface area contributed by atoms with Gasteiger partial charge in [-0.1, -0.05) is 0 Å². The Morgan fingerprint density at radius 1 is 1.25 bits per heavy atom. The molecule has 1 aromatic rings. The second kappa shape index (κ2) is 6.19. The Balaban J connectivity index is 1.68. The number of nitrogens with zero attached hydrogens (tertiary/aromatic N) is 3. The summed E-state index contributed by atoms with van der Waals surface area (Å²) in [5.41, 5.74) is 2.22. The summed E-state index contributed by atoms with van der Waals surface area (Å²) < 4.78 is 0. The van der Waals surface area contributed by atoms with Crippen molar-refractivity contribution in [2.24, 2.45) is 5.92 Å². The number of hydrogen-bond acceptors (Lipinski definition) is 4. The molecule has 0 spiro atoms. The molecule has 2 saturated heterocycles. The van der Waals surface area contributed by atoms with Gasteiger partial charge in [-0.2, -0.15) is 0 Å². The molecule has 0 bridgehead atoms. The zero-order valence-corrected chi connectivity index (χ0v) is 12.7. The van der Waals surface area contributed by atoms with E-state index in [-0.39, 0.29) is 0 Å². The van der Waals surface area contributed by atoms with Crippen molar-refractivity contribution in [1.29, 1.82) is 0 Å². The second-order valence-corrected chi connectivity index (χ2v) is 6.30. The Hall–Kier alpha value is -1.00. The molecule has 1 N–H and O–H groups in total. The number of piperidine rings is 1. The lowest BCUT2D eigenvalue weighted by molar-refractivity contribution is 0.112. The van der Waals surface area contributed by atoms with Crippen molar-refractivity contribution in [3.63, 3.8) is 0 Å². The minimum Gasteiger partial charge on any atom is -0.314 e. The van der Waals surface area contributed by atoms with Gasteiger partial charge in [-0.3, -0.25) is 14.9 Å². The van der Waals surface area contributed by atoms with Crippen molar-refractivity contribution in [2.45, 2.75) is 51.6 Å². The van der Waals surface area contributed by atoms with E-state index in [2.05, 4.69) is 34.0 Å². The van der Waals surface area contributed by atoms with Gasteiger partial charge in [0.2, 0.25) is 0 Å². The molecule has 0 aliphatic carbocycles. The van der Waals surface area contributed by atoms with Crippen LogP contribution in [0.5, 0.6) is 0 Å². The van der Waals surface area contributed by atoms with Crippen molar-refractivity contribution in [3.05, 3.63) is 23.8 Å². The summed E-state index contributed by atoms with van der Waals surface area (Å²) in [4.78, 5) is 11.5. The van der Waals surface area contributed by atoms with E-state index < -0.39 is 0 Å². The maximum atomic E-state index is 4.56. The fourth-order valence-corrected chi connectivity index (χ4v) is 3.84. The maximum absolute atomic E-state index is 4.56. The van der Waals surface area contributed by atoms with E-state index in [1.165, 1.54) is 45.3 Å². The molecule has 1 aromatic heterocycles. The smallest absolute Gasteiger partial charge is 0.0784 e. The highest BCUT2D eigenvalue weighted by molar-refractivity contribution is 5.13. The maximum Gasteiger partial charge on any atom is 0.0784 e. The standard InChI is InChI=1S/C16H26N4/c1-12-16(19-9-8-17-12)13(2)20-10-4-5-14(11-20)15-6-3-7-18-15/h8-9,13-15,18H,3-7,10-11H2,1-2H3. The Bertz CT molecular complexity index is 442. The van der Waals surface area contributed by atoms with E-state index in [9.17, 15) is 0 Å². The number of nitrogens with one attached hydrogen (secondary N) is 1. The van der Waals surface area contributed by atoms with Gasteiger partial charge in [-0.15, -0.1) is 0 Å². The summed E-state index contributed by atoms with van der Waals surface area (Å²) in [5.74, 6) is 0.811. The van der Waals surface area contributed by atoms with Crippen LogP contribution in [-0.2, 0) is 0 Å². The Kier molecular flexibility index (Phi) is 4.32. The SMILES string of the molecule is Cc1nccnc1C(C)N1CCCC(C2CCCN2)C1. The highest BCUT2D eigenvalue weighted by atomic mass is 15.2. The summed E-state index contributed by atoms with van der Waals surface area (Å²) >= 11 is 0. The first-order chi connectivity index (χ1) is 9.75. The predicted octanol–water partition coefficient (Wildman–Crippen LogP) is 2.31. The zero-order valence-electron chi connectivity index (χ0n) is 12.7. The molecule has 3 atom stereocenters. The topological polar surface area (TPSA) is 41.1 Å². The largest absolute Gasteiger partial charge is 0.314 e. The van der Waals surface area contributed by atoms with E-state index in [0.717, 1.165) is 23.3 Å². The molecule has 4 heteroatoms. The van der Waals surface area contributed by atoms with Gasteiger partial charge in [0.15, 0.2) is 0 Å². The van der Waals surface area contributed by atoms with Crippen molar-refractivity contribution in [3.8, 4) is 0 Å². The van der Waals surface area contributed by atoms with Crippen molar-refractivity contribution < 1.29 is 0 Å². The minimum atomic E-state index is 0.382. The number of aryl methyl sites for hydroxylation is 1. The first kappa shape index (κ1) is 14.0. The molecule has 2 aliphatic rings. The predicted molar refractivity (Wildman–Crippen MR) is 80.5 cm³/mol. The molecule has 20 heavy (non-hydrogen) atoms. The molecule has 3 unspecified atom stereocenters. The van der Waals surface area contributed by atoms with E-state index in [4.69, 9.17) is 0 Å². The van der Waals surface area contributed by atoms with Gasteiger partial charge in [-0.05, 0) is 58.5 Å². The molecule has 0 aromatic carbocycles. The number of hydrogen-bond donors (Lipinski definition) is 1. The monoisotopic (exact) mass is 274 g/mol. The molecule has 0 amide bonds. The van der Waals surface area contributed by atoms with Gasteiger partial charge in [-0.25, -0.2) is 0 Å². The van der Waals surface area contributed by atoms with Gasteiger partial charge in [0.25, 0.3) is 0 Å². The summed E-state index contributed by atoms with van der Waals surface area (Å²) in [6.45, 7) is 7.95. The summed E-state index contributed by atoms with van der Waals surface area (Å²) in [6.07, 6.45) is 9.00. The average Bonchev–Trinajstić information content (AvgIpc) is 3.01. The van der Waals surface area contributed by atoms with Gasteiger partial charge in [0, 0.05) is 25.0 Å². The third-order valence-electron chi connectivity index (χ3n) is 5.02. The molecule has 4 nitrogen and oxygen atoms in total. The van der Waals surface area contributed by atoms with Crippen molar-refractivity contribution in [1.82, 2.24) is 20.2 Å². The van der Waals surface area contributed by atoms with Crippen LogP contribution in [0.3, 0.4) is 0 Å². The van der Waals surface area contributed by atoms with Crippen LogP contribution in [0.15, 0.2) is 12.4 Å². The first-order valence-corrected chi connectivity index (χ1v) is 8.00. The van der Waals surface area contributed by atoms with E-state index in [1.54, 1.807) is 6.20 Å². The first-order valence-electron chi connectivity index (χ1n) is 8.00. The fraction of sp³-hybridized carbons (Fsp3) is 0.750. The number of likely N-dealkylation sites (tertiary alicyclic amines) is 1. The lowest BCUT2D eigenvalue weighted by Crippen LogP contribution is -2.44. The van der Waals surface area contributed by atoms with Crippen LogP contribution in [0.25, 0.3) is 0 Å². The number of rotatable bonds is 3. The average molecular weight is 274 g/mol. The molecule has 0 radical (unpaired) electrons. The van der Waals surface area contributed by atoms with Crippen LogP contribution in [-0.4, -0.2) is 40.5 Å². The van der Waals surface area contributed by atoms with Crippen LogP contribution in [0.2, 0.25) is 0 Å². The van der Waals surface area contributed by atoms with Gasteiger partial charge in [0.05, 0.1) is 17.4 Å². The Labute approximate surface area is 122 Å². The summed E-state index contributed by atoms with van der Waals surface area (Å²) in [5, 5.41) is 3.68. The molecule has 3 heterocycles. The van der Waals surface area contributed by atoms with Gasteiger partial charge < -0.3 is 5.32 Å². The van der Waals surface area contributed by atoms with Gasteiger partial charge >= 0.3 is 0 Å². The quantitative estimate of drug-likeness (QED) is 0.918. The molecule has 110 valence electrons. The molecular formula is C16H26N4. The lowest BCUT2D eigenvalue weighted by Gasteiger charge is -2.39. The second-order valence-electron chi connectivity index (χ2n) is 6.30. The van der Waals surface area contributed by atoms with Gasteiger partial charge in [0.1, 0.15) is 0 Å². The van der Waals surface area contributed by atoms with Crippen molar-refractivity contribution in [2.75, 3.05) is 19.6 Å². The van der Waals surface area contributed by atoms with E-state index >= 15 is 0 Å². The van der Waals surface area contributed by atoms with E-state index in [1.807, 2.05) is 6.20 Å². The molecule has 2 aliphatic heterocycles. The third kappa shape index (κ3) is 2.86. The third-order valence-corrected chi connectivity index (χ3v) is 5.02. The van der Waals surface area contributed by atoms with Crippen LogP contribution in [0, 0.1) is 12.8 Å². The molecule has 2 fully saturated rings. The van der Waals surface area contributed by atoms with E-state index in [0.29, 0.717) is 6.04 Å². The molecule has 3 rings (SSSR count). The zero-order chi connectivity index (χ0) is 13.9. The lowest BCUT2D eigenvalue weighted by atomic mass is 9.89. The van der Waals surface area contributed by atoms with Crippen LogP contribution in [0.1, 0.15) is 50.0 Å². The van der Waals surface area contributed by atoms with Crippen molar-refractivity contribution >= 4 is 0 Å². The summed E-state index contributed by atoms with van der Waals surface area (Å²) in [6, 6.07) is 1.13. The molecular weight excluding hydrogens is 248 g/mol. The highest BCUT2D eigenvalue weighted by Crippen LogP contribution is 2.30. The Morgan fingerprint density at radius 3 is 2.85 bits per heavy atom. The molecule has 0 saturated carbocycles. The van der Waals surface area contributed by atoms with Crippen LogP contribution < -0.4 is 5.32 Å².